The third kappa shape index (κ3) is 3.43. The molecule has 2 aromatic carbocycles. The zero-order chi connectivity index (χ0) is 17.9. The van der Waals surface area contributed by atoms with Gasteiger partial charge in [0.2, 0.25) is 11.8 Å². The van der Waals surface area contributed by atoms with Crippen LogP contribution in [0.4, 0.5) is 0 Å². The molecule has 0 spiro atoms. The third-order valence-corrected chi connectivity index (χ3v) is 5.16. The van der Waals surface area contributed by atoms with Crippen molar-refractivity contribution in [2.24, 2.45) is 11.1 Å². The van der Waals surface area contributed by atoms with Crippen molar-refractivity contribution in [1.82, 2.24) is 4.90 Å². The molecule has 0 aliphatic carbocycles. The van der Waals surface area contributed by atoms with Gasteiger partial charge >= 0.3 is 0 Å². The fraction of sp³-hybridized carbons (Fsp3) is 0.333. The Labute approximate surface area is 148 Å². The first-order valence-electron chi connectivity index (χ1n) is 8.77. The minimum atomic E-state index is -0.685. The molecule has 2 amide bonds. The molecule has 2 N–H and O–H groups in total. The predicted octanol–water partition coefficient (Wildman–Crippen LogP) is 3.01. The highest BCUT2D eigenvalue weighted by atomic mass is 16.2. The maximum Gasteiger partial charge on any atom is 0.225 e. The Balaban J connectivity index is 1.93. The van der Waals surface area contributed by atoms with E-state index >= 15 is 0 Å². The number of hydrogen-bond acceptors (Lipinski definition) is 2. The standard InChI is InChI=1S/C21H24N2O2/c1-2-19(24)23-13-12-21(15-23,20(22)25)14-17-10-6-7-11-18(17)16-8-4-3-5-9-16/h3-11H,2,12-15H2,1H3,(H2,22,25). The summed E-state index contributed by atoms with van der Waals surface area (Å²) in [5.74, 6) is -0.235. The van der Waals surface area contributed by atoms with Crippen LogP contribution < -0.4 is 5.73 Å². The van der Waals surface area contributed by atoms with Gasteiger partial charge in [0.05, 0.1) is 5.41 Å². The fourth-order valence-electron chi connectivity index (χ4n) is 3.68. The maximum atomic E-state index is 12.3. The Morgan fingerprint density at radius 2 is 1.76 bits per heavy atom. The maximum absolute atomic E-state index is 12.3. The van der Waals surface area contributed by atoms with Crippen molar-refractivity contribution >= 4 is 11.8 Å². The minimum Gasteiger partial charge on any atom is -0.369 e. The van der Waals surface area contributed by atoms with Gasteiger partial charge in [-0.15, -0.1) is 0 Å². The molecule has 25 heavy (non-hydrogen) atoms. The number of carbonyl (C=O) groups excluding carboxylic acids is 2. The molecule has 1 aliphatic rings. The predicted molar refractivity (Wildman–Crippen MR) is 98.7 cm³/mol. The quantitative estimate of drug-likeness (QED) is 0.912. The van der Waals surface area contributed by atoms with Crippen LogP contribution in [0.2, 0.25) is 0 Å². The Morgan fingerprint density at radius 3 is 2.44 bits per heavy atom. The zero-order valence-electron chi connectivity index (χ0n) is 14.6. The second kappa shape index (κ2) is 7.09. The molecule has 0 bridgehead atoms. The summed E-state index contributed by atoms with van der Waals surface area (Å²) >= 11 is 0. The van der Waals surface area contributed by atoms with Crippen molar-refractivity contribution in [2.75, 3.05) is 13.1 Å². The summed E-state index contributed by atoms with van der Waals surface area (Å²) in [7, 11) is 0. The van der Waals surface area contributed by atoms with Crippen molar-refractivity contribution in [3.8, 4) is 11.1 Å². The van der Waals surface area contributed by atoms with Crippen molar-refractivity contribution < 1.29 is 9.59 Å². The molecule has 0 radical (unpaired) electrons. The molecule has 0 saturated carbocycles. The molecule has 0 aromatic heterocycles. The van der Waals surface area contributed by atoms with E-state index in [9.17, 15) is 9.59 Å². The van der Waals surface area contributed by atoms with Crippen molar-refractivity contribution in [2.45, 2.75) is 26.2 Å². The molecular formula is C21H24N2O2. The summed E-state index contributed by atoms with van der Waals surface area (Å²) in [6.45, 7) is 2.86. The van der Waals surface area contributed by atoms with Crippen molar-refractivity contribution in [3.63, 3.8) is 0 Å². The number of carbonyl (C=O) groups is 2. The van der Waals surface area contributed by atoms with E-state index in [2.05, 4.69) is 24.3 Å². The Bertz CT molecular complexity index is 772. The Hall–Kier alpha value is -2.62. The van der Waals surface area contributed by atoms with Gasteiger partial charge in [-0.2, -0.15) is 0 Å². The molecule has 2 aromatic rings. The van der Waals surface area contributed by atoms with Crippen LogP contribution in [0.25, 0.3) is 11.1 Å². The van der Waals surface area contributed by atoms with Crippen LogP contribution in [0.3, 0.4) is 0 Å². The number of nitrogens with zero attached hydrogens (tertiary/aromatic N) is 1. The molecule has 1 fully saturated rings. The van der Waals surface area contributed by atoms with Crippen LogP contribution >= 0.6 is 0 Å². The summed E-state index contributed by atoms with van der Waals surface area (Å²) in [5, 5.41) is 0. The lowest BCUT2D eigenvalue weighted by atomic mass is 9.78. The van der Waals surface area contributed by atoms with E-state index in [0.29, 0.717) is 32.4 Å². The SMILES string of the molecule is CCC(=O)N1CCC(Cc2ccccc2-c2ccccc2)(C(N)=O)C1. The number of benzene rings is 2. The molecule has 4 nitrogen and oxygen atoms in total. The van der Waals surface area contributed by atoms with Gasteiger partial charge < -0.3 is 10.6 Å². The normalized spacial score (nSPS) is 19.8. The number of hydrogen-bond donors (Lipinski definition) is 1. The Morgan fingerprint density at radius 1 is 1.08 bits per heavy atom. The minimum absolute atomic E-state index is 0.0828. The summed E-state index contributed by atoms with van der Waals surface area (Å²) < 4.78 is 0. The largest absolute Gasteiger partial charge is 0.369 e. The monoisotopic (exact) mass is 336 g/mol. The van der Waals surface area contributed by atoms with E-state index in [0.717, 1.165) is 16.7 Å². The van der Waals surface area contributed by atoms with Gasteiger partial charge in [0.15, 0.2) is 0 Å². The summed E-state index contributed by atoms with van der Waals surface area (Å²) in [6.07, 6.45) is 1.63. The molecule has 1 unspecified atom stereocenters. The van der Waals surface area contributed by atoms with E-state index in [4.69, 9.17) is 5.73 Å². The first-order chi connectivity index (χ1) is 12.1. The molecule has 130 valence electrons. The van der Waals surface area contributed by atoms with E-state index in [-0.39, 0.29) is 11.8 Å². The number of amides is 2. The highest BCUT2D eigenvalue weighted by Crippen LogP contribution is 2.37. The fourth-order valence-corrected chi connectivity index (χ4v) is 3.68. The smallest absolute Gasteiger partial charge is 0.225 e. The van der Waals surface area contributed by atoms with E-state index in [1.165, 1.54) is 0 Å². The van der Waals surface area contributed by atoms with Crippen LogP contribution in [0.5, 0.6) is 0 Å². The average molecular weight is 336 g/mol. The molecule has 1 aliphatic heterocycles. The van der Waals surface area contributed by atoms with Crippen LogP contribution in [0.1, 0.15) is 25.3 Å². The number of primary amides is 1. The van der Waals surface area contributed by atoms with Gasteiger partial charge in [-0.25, -0.2) is 0 Å². The van der Waals surface area contributed by atoms with Crippen LogP contribution in [0.15, 0.2) is 54.6 Å². The Kier molecular flexibility index (Phi) is 4.88. The first-order valence-corrected chi connectivity index (χ1v) is 8.77. The van der Waals surface area contributed by atoms with Gasteiger partial charge in [0, 0.05) is 19.5 Å². The molecule has 1 heterocycles. The lowest BCUT2D eigenvalue weighted by molar-refractivity contribution is -0.131. The van der Waals surface area contributed by atoms with Crippen molar-refractivity contribution in [3.05, 3.63) is 60.2 Å². The van der Waals surface area contributed by atoms with Crippen LogP contribution in [0, 0.1) is 5.41 Å². The van der Waals surface area contributed by atoms with Gasteiger partial charge in [-0.05, 0) is 29.5 Å². The van der Waals surface area contributed by atoms with E-state index in [1.54, 1.807) is 4.90 Å². The van der Waals surface area contributed by atoms with Crippen LogP contribution in [-0.2, 0) is 16.0 Å². The number of likely N-dealkylation sites (tertiary alicyclic amines) is 1. The van der Waals surface area contributed by atoms with Crippen LogP contribution in [-0.4, -0.2) is 29.8 Å². The highest BCUT2D eigenvalue weighted by Gasteiger charge is 2.44. The summed E-state index contributed by atoms with van der Waals surface area (Å²) in [6, 6.07) is 18.3. The van der Waals surface area contributed by atoms with Gasteiger partial charge in [0.1, 0.15) is 0 Å². The lowest BCUT2D eigenvalue weighted by Gasteiger charge is -2.27. The number of rotatable bonds is 5. The second-order valence-corrected chi connectivity index (χ2v) is 6.76. The molecule has 1 saturated heterocycles. The lowest BCUT2D eigenvalue weighted by Crippen LogP contribution is -2.42. The number of nitrogens with two attached hydrogens (primary N) is 1. The summed E-state index contributed by atoms with van der Waals surface area (Å²) in [5.41, 5.74) is 8.44. The third-order valence-electron chi connectivity index (χ3n) is 5.16. The molecule has 1 atom stereocenters. The van der Waals surface area contributed by atoms with Gasteiger partial charge in [-0.1, -0.05) is 61.5 Å². The average Bonchev–Trinajstić information content (AvgIpc) is 3.08. The van der Waals surface area contributed by atoms with Gasteiger partial charge in [0.25, 0.3) is 0 Å². The second-order valence-electron chi connectivity index (χ2n) is 6.76. The van der Waals surface area contributed by atoms with E-state index in [1.807, 2.05) is 37.3 Å². The highest BCUT2D eigenvalue weighted by molar-refractivity contribution is 5.85. The molecule has 3 rings (SSSR count). The zero-order valence-corrected chi connectivity index (χ0v) is 14.6. The topological polar surface area (TPSA) is 63.4 Å². The van der Waals surface area contributed by atoms with Crippen molar-refractivity contribution in [1.29, 1.82) is 0 Å². The first kappa shape index (κ1) is 17.2. The van der Waals surface area contributed by atoms with E-state index < -0.39 is 5.41 Å². The summed E-state index contributed by atoms with van der Waals surface area (Å²) in [4.78, 5) is 26.1. The molecular weight excluding hydrogens is 312 g/mol. The molecule has 4 heteroatoms. The van der Waals surface area contributed by atoms with Gasteiger partial charge in [-0.3, -0.25) is 9.59 Å².